The third-order valence-electron chi connectivity index (χ3n) is 2.58. The second-order valence-corrected chi connectivity index (χ2v) is 3.68. The van der Waals surface area contributed by atoms with Crippen molar-refractivity contribution < 1.29 is 4.42 Å². The van der Waals surface area contributed by atoms with Gasteiger partial charge >= 0.3 is 0 Å². The molecule has 1 N–H and O–H groups in total. The monoisotopic (exact) mass is 228 g/mol. The minimum absolute atomic E-state index is 0.485. The lowest BCUT2D eigenvalue weighted by molar-refractivity contribution is 0.517. The first-order chi connectivity index (χ1) is 8.22. The van der Waals surface area contributed by atoms with Crippen LogP contribution in [0.25, 0.3) is 0 Å². The highest BCUT2D eigenvalue weighted by molar-refractivity contribution is 5.55. The number of nitriles is 1. The van der Waals surface area contributed by atoms with E-state index in [1.54, 1.807) is 6.26 Å². The van der Waals surface area contributed by atoms with E-state index in [2.05, 4.69) is 21.6 Å². The highest BCUT2D eigenvalue weighted by atomic mass is 16.3. The Kier molecular flexibility index (Phi) is 3.06. The molecule has 0 unspecified atom stereocenters. The fourth-order valence-electron chi connectivity index (χ4n) is 1.45. The summed E-state index contributed by atoms with van der Waals surface area (Å²) in [5.74, 6) is 1.28. The molecule has 0 aliphatic heterocycles. The molecule has 0 atom stereocenters. The number of hydrogen-bond acceptors (Lipinski definition) is 5. The van der Waals surface area contributed by atoms with Crippen molar-refractivity contribution >= 4 is 5.82 Å². The Bertz CT molecular complexity index is 555. The first-order valence-electron chi connectivity index (χ1n) is 5.22. The van der Waals surface area contributed by atoms with Gasteiger partial charge in [0.05, 0.1) is 18.5 Å². The molecule has 0 saturated carbocycles. The Labute approximate surface area is 99.1 Å². The molecule has 0 bridgehead atoms. The van der Waals surface area contributed by atoms with Crippen LogP contribution < -0.4 is 5.32 Å². The molecule has 2 aromatic rings. The van der Waals surface area contributed by atoms with Crippen LogP contribution in [-0.4, -0.2) is 10.2 Å². The number of nitrogens with one attached hydrogen (secondary N) is 1. The lowest BCUT2D eigenvalue weighted by Crippen LogP contribution is -2.07. The van der Waals surface area contributed by atoms with Gasteiger partial charge in [0.2, 0.25) is 0 Å². The Balaban J connectivity index is 2.22. The van der Waals surface area contributed by atoms with Crippen molar-refractivity contribution in [2.75, 3.05) is 5.32 Å². The second kappa shape index (κ2) is 4.66. The van der Waals surface area contributed by atoms with Crippen molar-refractivity contribution in [2.24, 2.45) is 0 Å². The maximum Gasteiger partial charge on any atom is 0.167 e. The second-order valence-electron chi connectivity index (χ2n) is 3.68. The standard InChI is InChI=1S/C12H12N4O/c1-8-9(2)15-16-12(11(8)6-13)14-7-10-4-3-5-17-10/h3-5H,7H2,1-2H3,(H,14,16). The SMILES string of the molecule is Cc1nnc(NCc2ccco2)c(C#N)c1C. The van der Waals surface area contributed by atoms with E-state index in [9.17, 15) is 0 Å². The highest BCUT2D eigenvalue weighted by Crippen LogP contribution is 2.17. The van der Waals surface area contributed by atoms with E-state index in [-0.39, 0.29) is 0 Å². The van der Waals surface area contributed by atoms with Gasteiger partial charge in [0.25, 0.3) is 0 Å². The molecule has 5 heteroatoms. The van der Waals surface area contributed by atoms with Crippen molar-refractivity contribution in [1.29, 1.82) is 5.26 Å². The van der Waals surface area contributed by atoms with Crippen molar-refractivity contribution in [3.05, 3.63) is 41.0 Å². The van der Waals surface area contributed by atoms with Gasteiger partial charge in [-0.05, 0) is 31.5 Å². The summed E-state index contributed by atoms with van der Waals surface area (Å²) < 4.78 is 5.19. The minimum atomic E-state index is 0.485. The molecule has 2 heterocycles. The van der Waals surface area contributed by atoms with Crippen LogP contribution in [0.2, 0.25) is 0 Å². The Hall–Kier alpha value is -2.35. The molecular weight excluding hydrogens is 216 g/mol. The maximum absolute atomic E-state index is 9.10. The number of furan rings is 1. The summed E-state index contributed by atoms with van der Waals surface area (Å²) in [6.07, 6.45) is 1.61. The largest absolute Gasteiger partial charge is 0.467 e. The molecule has 0 spiro atoms. The first-order valence-corrected chi connectivity index (χ1v) is 5.22. The molecule has 0 fully saturated rings. The zero-order valence-corrected chi connectivity index (χ0v) is 9.69. The minimum Gasteiger partial charge on any atom is -0.467 e. The third-order valence-corrected chi connectivity index (χ3v) is 2.58. The predicted octanol–water partition coefficient (Wildman–Crippen LogP) is 2.17. The Morgan fingerprint density at radius 1 is 1.41 bits per heavy atom. The summed E-state index contributed by atoms with van der Waals surface area (Å²) in [7, 11) is 0. The van der Waals surface area contributed by atoms with Crippen LogP contribution in [-0.2, 0) is 6.54 Å². The van der Waals surface area contributed by atoms with Crippen LogP contribution >= 0.6 is 0 Å². The van der Waals surface area contributed by atoms with Gasteiger partial charge in [-0.2, -0.15) is 10.4 Å². The molecule has 2 rings (SSSR count). The molecule has 0 saturated heterocycles. The number of hydrogen-bond donors (Lipinski definition) is 1. The van der Waals surface area contributed by atoms with Crippen molar-refractivity contribution in [2.45, 2.75) is 20.4 Å². The highest BCUT2D eigenvalue weighted by Gasteiger charge is 2.10. The molecule has 17 heavy (non-hydrogen) atoms. The quantitative estimate of drug-likeness (QED) is 0.871. The van der Waals surface area contributed by atoms with Crippen LogP contribution in [0.4, 0.5) is 5.82 Å². The van der Waals surface area contributed by atoms with Crippen LogP contribution in [0, 0.1) is 25.2 Å². The lowest BCUT2D eigenvalue weighted by atomic mass is 10.1. The number of aromatic nitrogens is 2. The van der Waals surface area contributed by atoms with Crippen LogP contribution in [0.5, 0.6) is 0 Å². The van der Waals surface area contributed by atoms with Gasteiger partial charge < -0.3 is 9.73 Å². The Morgan fingerprint density at radius 3 is 2.88 bits per heavy atom. The summed E-state index contributed by atoms with van der Waals surface area (Å²) >= 11 is 0. The summed E-state index contributed by atoms with van der Waals surface area (Å²) in [5.41, 5.74) is 2.15. The number of anilines is 1. The topological polar surface area (TPSA) is 74.7 Å². The van der Waals surface area contributed by atoms with Gasteiger partial charge in [-0.25, -0.2) is 0 Å². The molecule has 0 amide bonds. The number of nitrogens with zero attached hydrogens (tertiary/aromatic N) is 3. The van der Waals surface area contributed by atoms with Gasteiger partial charge in [0, 0.05) is 0 Å². The van der Waals surface area contributed by atoms with Crippen molar-refractivity contribution in [3.63, 3.8) is 0 Å². The van der Waals surface area contributed by atoms with Gasteiger partial charge in [0.15, 0.2) is 5.82 Å². The van der Waals surface area contributed by atoms with Crippen molar-refractivity contribution in [3.8, 4) is 6.07 Å². The number of rotatable bonds is 3. The summed E-state index contributed by atoms with van der Waals surface area (Å²) in [5, 5.41) is 20.1. The average Bonchev–Trinajstić information content (AvgIpc) is 2.83. The molecule has 0 aliphatic carbocycles. The zero-order valence-electron chi connectivity index (χ0n) is 9.69. The molecule has 0 aliphatic rings. The first kappa shape index (κ1) is 11.1. The number of aryl methyl sites for hydroxylation is 1. The summed E-state index contributed by atoms with van der Waals surface area (Å²) in [6, 6.07) is 5.81. The zero-order chi connectivity index (χ0) is 12.3. The molecule has 0 aromatic carbocycles. The van der Waals surface area contributed by atoms with Gasteiger partial charge in [-0.1, -0.05) is 0 Å². The van der Waals surface area contributed by atoms with Crippen LogP contribution in [0.15, 0.2) is 22.8 Å². The summed E-state index contributed by atoms with van der Waals surface area (Å²) in [6.45, 7) is 4.18. The normalized spacial score (nSPS) is 9.94. The molecule has 0 radical (unpaired) electrons. The molecular formula is C12H12N4O. The average molecular weight is 228 g/mol. The van der Waals surface area contributed by atoms with E-state index >= 15 is 0 Å². The van der Waals surface area contributed by atoms with E-state index in [0.29, 0.717) is 17.9 Å². The van der Waals surface area contributed by atoms with E-state index in [4.69, 9.17) is 9.68 Å². The predicted molar refractivity (Wildman–Crippen MR) is 62.3 cm³/mol. The van der Waals surface area contributed by atoms with E-state index < -0.39 is 0 Å². The van der Waals surface area contributed by atoms with Crippen LogP contribution in [0.1, 0.15) is 22.6 Å². The van der Waals surface area contributed by atoms with E-state index in [1.807, 2.05) is 26.0 Å². The smallest absolute Gasteiger partial charge is 0.167 e. The molecule has 86 valence electrons. The van der Waals surface area contributed by atoms with Gasteiger partial charge in [-0.15, -0.1) is 5.10 Å². The molecule has 5 nitrogen and oxygen atoms in total. The van der Waals surface area contributed by atoms with Gasteiger partial charge in [0.1, 0.15) is 17.4 Å². The van der Waals surface area contributed by atoms with Crippen molar-refractivity contribution in [1.82, 2.24) is 10.2 Å². The maximum atomic E-state index is 9.10. The van der Waals surface area contributed by atoms with E-state index in [0.717, 1.165) is 17.0 Å². The fraction of sp³-hybridized carbons (Fsp3) is 0.250. The fourth-order valence-corrected chi connectivity index (χ4v) is 1.45. The lowest BCUT2D eigenvalue weighted by Gasteiger charge is -2.08. The van der Waals surface area contributed by atoms with Crippen LogP contribution in [0.3, 0.4) is 0 Å². The van der Waals surface area contributed by atoms with E-state index in [1.165, 1.54) is 0 Å². The van der Waals surface area contributed by atoms with Gasteiger partial charge in [-0.3, -0.25) is 0 Å². The third kappa shape index (κ3) is 2.26. The summed E-state index contributed by atoms with van der Waals surface area (Å²) in [4.78, 5) is 0. The Morgan fingerprint density at radius 2 is 2.24 bits per heavy atom. The molecule has 2 aromatic heterocycles.